The minimum Gasteiger partial charge on any atom is -0.496 e. The summed E-state index contributed by atoms with van der Waals surface area (Å²) in [7, 11) is 4.72. The number of carbonyl (C=O) groups excluding carboxylic acids is 2. The summed E-state index contributed by atoms with van der Waals surface area (Å²) < 4.78 is 17.5. The zero-order valence-electron chi connectivity index (χ0n) is 30.8. The monoisotopic (exact) mass is 706 g/mol. The van der Waals surface area contributed by atoms with Crippen LogP contribution in [0.5, 0.6) is 5.75 Å². The number of nitrogens with zero attached hydrogens (tertiary/aromatic N) is 1. The van der Waals surface area contributed by atoms with Crippen LogP contribution in [0.25, 0.3) is 21.8 Å². The van der Waals surface area contributed by atoms with Crippen molar-refractivity contribution in [2.24, 2.45) is 23.7 Å². The Bertz CT molecular complexity index is 2110. The summed E-state index contributed by atoms with van der Waals surface area (Å²) in [5.74, 6) is -0.0127. The lowest BCUT2D eigenvalue weighted by atomic mass is 9.56. The molecule has 1 saturated carbocycles. The zero-order chi connectivity index (χ0) is 36.1. The number of carbonyl (C=O) groups is 2. The first-order valence-electron chi connectivity index (χ1n) is 19.0. The molecule has 52 heavy (non-hydrogen) atoms. The number of fused-ring (bicyclic) bond motifs is 9. The van der Waals surface area contributed by atoms with Crippen LogP contribution >= 0.6 is 0 Å². The van der Waals surface area contributed by atoms with Gasteiger partial charge in [-0.15, -0.1) is 0 Å². The molecule has 2 aromatic heterocycles. The van der Waals surface area contributed by atoms with Gasteiger partial charge in [-0.3, -0.25) is 14.5 Å². The molecule has 6 aliphatic rings. The van der Waals surface area contributed by atoms with E-state index in [4.69, 9.17) is 14.2 Å². The molecule has 10 nitrogen and oxygen atoms in total. The maximum absolute atomic E-state index is 14.4. The summed E-state index contributed by atoms with van der Waals surface area (Å²) in [6.45, 7) is 6.39. The van der Waals surface area contributed by atoms with Crippen LogP contribution in [0, 0.1) is 23.7 Å². The Hall–Kier alpha value is -4.12. The van der Waals surface area contributed by atoms with Gasteiger partial charge in [-0.1, -0.05) is 29.8 Å². The fourth-order valence-corrected chi connectivity index (χ4v) is 11.8. The number of nitrogens with one attached hydrogen (secondary N) is 3. The molecule has 6 heterocycles. The van der Waals surface area contributed by atoms with Gasteiger partial charge in [0.15, 0.2) is 0 Å². The number of rotatable bonds is 5. The molecule has 2 aliphatic carbocycles. The smallest absolute Gasteiger partial charge is 0.319 e. The van der Waals surface area contributed by atoms with Gasteiger partial charge in [-0.2, -0.15) is 0 Å². The van der Waals surface area contributed by atoms with Crippen LogP contribution in [-0.2, 0) is 37.3 Å². The number of hydrogen-bond donors (Lipinski definition) is 4. The van der Waals surface area contributed by atoms with Crippen molar-refractivity contribution in [3.63, 3.8) is 0 Å². The number of methoxy groups -OCH3 is 3. The average molecular weight is 707 g/mol. The van der Waals surface area contributed by atoms with Crippen LogP contribution < -0.4 is 10.1 Å². The van der Waals surface area contributed by atoms with Crippen molar-refractivity contribution in [3.8, 4) is 5.75 Å². The van der Waals surface area contributed by atoms with Crippen LogP contribution in [0.4, 0.5) is 0 Å². The maximum Gasteiger partial charge on any atom is 0.319 e. The number of aromatic nitrogens is 2. The first kappa shape index (κ1) is 33.7. The van der Waals surface area contributed by atoms with Gasteiger partial charge < -0.3 is 34.6 Å². The molecule has 3 saturated heterocycles. The summed E-state index contributed by atoms with van der Waals surface area (Å²) in [5, 5.41) is 17.1. The van der Waals surface area contributed by atoms with Crippen molar-refractivity contribution in [2.75, 3.05) is 41.0 Å². The number of para-hydroxylation sites is 1. The maximum atomic E-state index is 14.4. The molecule has 10 heteroatoms. The highest BCUT2D eigenvalue weighted by Crippen LogP contribution is 2.57. The van der Waals surface area contributed by atoms with Gasteiger partial charge >= 0.3 is 11.9 Å². The Morgan fingerprint density at radius 2 is 1.87 bits per heavy atom. The number of esters is 2. The topological polar surface area (TPSA) is 129 Å². The summed E-state index contributed by atoms with van der Waals surface area (Å²) in [6.07, 6.45) is 5.33. The Balaban J connectivity index is 1.32. The second-order valence-corrected chi connectivity index (χ2v) is 16.0. The van der Waals surface area contributed by atoms with Crippen molar-refractivity contribution >= 4 is 33.7 Å². The van der Waals surface area contributed by atoms with Crippen molar-refractivity contribution in [3.05, 3.63) is 76.1 Å². The molecule has 4 aromatic rings. The number of ether oxygens (including phenoxy) is 3. The number of piperidine rings is 3. The molecule has 4 fully saturated rings. The molecule has 2 aromatic carbocycles. The molecule has 10 rings (SSSR count). The van der Waals surface area contributed by atoms with Crippen molar-refractivity contribution < 1.29 is 28.9 Å². The first-order valence-corrected chi connectivity index (χ1v) is 19.0. The average Bonchev–Trinajstić information content (AvgIpc) is 3.70. The second kappa shape index (κ2) is 12.5. The summed E-state index contributed by atoms with van der Waals surface area (Å²) in [4.78, 5) is 38.4. The Labute approximate surface area is 304 Å². The molecule has 10 atom stereocenters. The fourth-order valence-electron chi connectivity index (χ4n) is 11.8. The summed E-state index contributed by atoms with van der Waals surface area (Å²) >= 11 is 0. The highest BCUT2D eigenvalue weighted by Gasteiger charge is 2.64. The molecule has 0 amide bonds. The number of aromatic amines is 2. The van der Waals surface area contributed by atoms with E-state index < -0.39 is 11.5 Å². The van der Waals surface area contributed by atoms with Crippen LogP contribution in [0.2, 0.25) is 0 Å². The van der Waals surface area contributed by atoms with E-state index in [0.717, 1.165) is 76.0 Å². The quantitative estimate of drug-likeness (QED) is 0.167. The number of hydrogen-bond acceptors (Lipinski definition) is 8. The molecule has 4 aliphatic heterocycles. The third kappa shape index (κ3) is 4.66. The third-order valence-corrected chi connectivity index (χ3v) is 13.8. The van der Waals surface area contributed by atoms with Crippen molar-refractivity contribution in [1.82, 2.24) is 20.2 Å². The van der Waals surface area contributed by atoms with Gasteiger partial charge in [0.25, 0.3) is 0 Å². The molecule has 0 radical (unpaired) electrons. The van der Waals surface area contributed by atoms with Crippen LogP contribution in [0.15, 0.2) is 48.0 Å². The SMILES string of the molecule is C/C=C1/CN[C@H]2Cc3c([nH]c4ccccc34)[C@@H](c3c(OC)ccc4c5c([nH]c34)[C@]3(C(=O)OC)C[C@H]4C[C@H]([C@H](C)O)[C@@H]3N(CC5)C4)C[C@@H]1[C@@H]2C(=O)OC. The number of H-pyrrole nitrogens is 2. The van der Waals surface area contributed by atoms with Crippen molar-refractivity contribution in [2.45, 2.75) is 75.5 Å². The fraction of sp³-hybridized carbons (Fsp3) is 0.524. The molecular formula is C42H50N4O6. The largest absolute Gasteiger partial charge is 0.496 e. The van der Waals surface area contributed by atoms with Crippen LogP contribution in [-0.4, -0.2) is 91.1 Å². The molecule has 4 N–H and O–H groups in total. The van der Waals surface area contributed by atoms with Gasteiger partial charge in [0.2, 0.25) is 0 Å². The minimum absolute atomic E-state index is 0.0418. The number of allylic oxidation sites excluding steroid dienone is 1. The van der Waals surface area contributed by atoms with Crippen LogP contribution in [0.3, 0.4) is 0 Å². The van der Waals surface area contributed by atoms with Crippen LogP contribution in [0.1, 0.15) is 67.1 Å². The molecule has 6 bridgehead atoms. The molecule has 1 unspecified atom stereocenters. The van der Waals surface area contributed by atoms with Gasteiger partial charge in [0.1, 0.15) is 11.2 Å². The van der Waals surface area contributed by atoms with Gasteiger partial charge in [-0.05, 0) is 87.1 Å². The zero-order valence-corrected chi connectivity index (χ0v) is 30.8. The van der Waals surface area contributed by atoms with Crippen molar-refractivity contribution in [1.29, 1.82) is 0 Å². The summed E-state index contributed by atoms with van der Waals surface area (Å²) in [6, 6.07) is 12.4. The number of aliphatic hydroxyl groups is 1. The lowest BCUT2D eigenvalue weighted by molar-refractivity contribution is -0.166. The van der Waals surface area contributed by atoms with E-state index >= 15 is 0 Å². The number of benzene rings is 2. The molecular weight excluding hydrogens is 656 g/mol. The van der Waals surface area contributed by atoms with E-state index in [2.05, 4.69) is 69.6 Å². The Morgan fingerprint density at radius 3 is 2.62 bits per heavy atom. The predicted molar refractivity (Wildman–Crippen MR) is 199 cm³/mol. The van der Waals surface area contributed by atoms with Gasteiger partial charge in [0.05, 0.1) is 38.9 Å². The van der Waals surface area contributed by atoms with E-state index in [1.807, 2.05) is 6.92 Å². The predicted octanol–water partition coefficient (Wildman–Crippen LogP) is 5.12. The standard InChI is InChI=1S/C42H50N4O6/c1-6-23-19-43-32-17-29-24-9-7-8-10-31(24)44-36(29)30(16-28(23)34(32)40(48)51-4)35-33(50-3)12-11-25-26-13-14-46-20-22-15-27(21(2)47)39(46)42(18-22,41(49)52-5)38(26)45-37(25)35/h6-12,21-22,27-28,30,32,34,39,43-45,47H,13-20H2,1-5H3/b23-6-/t21-,22+,27+,28-,30+,32-,34-,39-,42+/m0/s1. The normalized spacial score (nSPS) is 33.5. The van der Waals surface area contributed by atoms with E-state index in [0.29, 0.717) is 25.8 Å². The summed E-state index contributed by atoms with van der Waals surface area (Å²) in [5.41, 5.74) is 7.74. The van der Waals surface area contributed by atoms with E-state index in [1.165, 1.54) is 25.4 Å². The van der Waals surface area contributed by atoms with E-state index in [9.17, 15) is 14.7 Å². The highest BCUT2D eigenvalue weighted by atomic mass is 16.5. The number of aliphatic hydroxyl groups excluding tert-OH is 1. The lowest BCUT2D eigenvalue weighted by Crippen LogP contribution is -2.68. The van der Waals surface area contributed by atoms with Gasteiger partial charge in [-0.25, -0.2) is 0 Å². The molecule has 274 valence electrons. The Morgan fingerprint density at radius 1 is 1.04 bits per heavy atom. The first-order chi connectivity index (χ1) is 25.2. The molecule has 0 spiro atoms. The second-order valence-electron chi connectivity index (χ2n) is 16.0. The lowest BCUT2D eigenvalue weighted by Gasteiger charge is -2.58. The van der Waals surface area contributed by atoms with Gasteiger partial charge in [0, 0.05) is 76.8 Å². The van der Waals surface area contributed by atoms with E-state index in [-0.39, 0.29) is 53.6 Å². The minimum atomic E-state index is -0.934. The highest BCUT2D eigenvalue weighted by molar-refractivity contribution is 5.95. The Kier molecular flexibility index (Phi) is 8.10. The van der Waals surface area contributed by atoms with E-state index in [1.54, 1.807) is 7.11 Å². The third-order valence-electron chi connectivity index (χ3n) is 13.8.